The van der Waals surface area contributed by atoms with Crippen molar-refractivity contribution in [1.82, 2.24) is 10.1 Å². The van der Waals surface area contributed by atoms with Crippen LogP contribution < -0.4 is 5.73 Å². The van der Waals surface area contributed by atoms with Gasteiger partial charge in [-0.1, -0.05) is 11.2 Å². The summed E-state index contributed by atoms with van der Waals surface area (Å²) < 4.78 is 28.1. The van der Waals surface area contributed by atoms with Gasteiger partial charge in [-0.2, -0.15) is 4.98 Å². The van der Waals surface area contributed by atoms with Crippen LogP contribution in [0.5, 0.6) is 0 Å². The highest BCUT2D eigenvalue weighted by Gasteiger charge is 2.12. The quantitative estimate of drug-likeness (QED) is 0.745. The van der Waals surface area contributed by atoms with Crippen LogP contribution in [0.2, 0.25) is 0 Å². The number of nitrogens with two attached hydrogens (primary N) is 1. The molecule has 0 amide bonds. The van der Waals surface area contributed by atoms with Crippen LogP contribution in [0.4, 0.5) is 5.69 Å². The second kappa shape index (κ2) is 5.27. The van der Waals surface area contributed by atoms with E-state index < -0.39 is 9.84 Å². The summed E-state index contributed by atoms with van der Waals surface area (Å²) >= 11 is 0. The zero-order valence-corrected chi connectivity index (χ0v) is 12.5. The molecule has 1 heterocycles. The maximum Gasteiger partial charge on any atom is 0.258 e. The van der Waals surface area contributed by atoms with Gasteiger partial charge in [0.15, 0.2) is 9.84 Å². The molecule has 112 valence electrons. The molecule has 22 heavy (non-hydrogen) atoms. The van der Waals surface area contributed by atoms with Crippen LogP contribution in [0.3, 0.4) is 0 Å². The molecule has 0 aliphatic heterocycles. The molecule has 7 heteroatoms. The van der Waals surface area contributed by atoms with Gasteiger partial charge >= 0.3 is 0 Å². The molecule has 0 aliphatic rings. The summed E-state index contributed by atoms with van der Waals surface area (Å²) in [6, 6.07) is 13.4. The van der Waals surface area contributed by atoms with Crippen molar-refractivity contribution in [2.45, 2.75) is 4.90 Å². The van der Waals surface area contributed by atoms with Gasteiger partial charge in [-0.05, 0) is 42.5 Å². The topological polar surface area (TPSA) is 99.1 Å². The lowest BCUT2D eigenvalue weighted by atomic mass is 10.2. The van der Waals surface area contributed by atoms with Crippen LogP contribution in [0.1, 0.15) is 0 Å². The normalized spacial score (nSPS) is 11.5. The Morgan fingerprint density at radius 2 is 1.77 bits per heavy atom. The van der Waals surface area contributed by atoms with Gasteiger partial charge in [-0.3, -0.25) is 0 Å². The number of nitrogens with zero attached hydrogens (tertiary/aromatic N) is 2. The van der Waals surface area contributed by atoms with Crippen LogP contribution in [0.15, 0.2) is 57.9 Å². The number of aromatic nitrogens is 2. The molecule has 2 aromatic carbocycles. The van der Waals surface area contributed by atoms with E-state index in [1.807, 2.05) is 6.07 Å². The number of anilines is 1. The van der Waals surface area contributed by atoms with Crippen LogP contribution in [-0.2, 0) is 9.84 Å². The predicted octanol–water partition coefficient (Wildman–Crippen LogP) is 2.39. The fourth-order valence-electron chi connectivity index (χ4n) is 1.98. The van der Waals surface area contributed by atoms with Gasteiger partial charge in [0, 0.05) is 23.1 Å². The second-order valence-electron chi connectivity index (χ2n) is 4.85. The van der Waals surface area contributed by atoms with Crippen LogP contribution in [0.25, 0.3) is 22.8 Å². The van der Waals surface area contributed by atoms with Crippen molar-refractivity contribution in [1.29, 1.82) is 0 Å². The van der Waals surface area contributed by atoms with E-state index in [2.05, 4.69) is 10.1 Å². The summed E-state index contributed by atoms with van der Waals surface area (Å²) in [6.07, 6.45) is 1.16. The van der Waals surface area contributed by atoms with Gasteiger partial charge in [-0.25, -0.2) is 8.42 Å². The average Bonchev–Trinajstić information content (AvgIpc) is 2.96. The highest BCUT2D eigenvalue weighted by atomic mass is 32.2. The molecular weight excluding hydrogens is 302 g/mol. The maximum atomic E-state index is 11.4. The second-order valence-corrected chi connectivity index (χ2v) is 6.86. The smallest absolute Gasteiger partial charge is 0.258 e. The third kappa shape index (κ3) is 2.84. The van der Waals surface area contributed by atoms with E-state index >= 15 is 0 Å². The largest absolute Gasteiger partial charge is 0.399 e. The first kappa shape index (κ1) is 14.3. The van der Waals surface area contributed by atoms with E-state index in [-0.39, 0.29) is 4.90 Å². The average molecular weight is 315 g/mol. The van der Waals surface area contributed by atoms with E-state index in [1.165, 1.54) is 12.1 Å². The molecule has 0 saturated heterocycles. The number of nitrogen functional groups attached to an aromatic ring is 1. The standard InChI is InChI=1S/C15H13N3O3S/c1-22(19,20)13-7-5-10(6-8-13)14-17-15(21-18-14)11-3-2-4-12(16)9-11/h2-9H,16H2,1H3. The minimum atomic E-state index is -3.22. The molecule has 6 nitrogen and oxygen atoms in total. The van der Waals surface area contributed by atoms with Crippen molar-refractivity contribution in [3.63, 3.8) is 0 Å². The van der Waals surface area contributed by atoms with E-state index in [4.69, 9.17) is 10.3 Å². The molecule has 0 unspecified atom stereocenters. The summed E-state index contributed by atoms with van der Waals surface area (Å²) in [5.41, 5.74) is 7.73. The molecule has 3 aromatic rings. The Morgan fingerprint density at radius 3 is 2.41 bits per heavy atom. The van der Waals surface area contributed by atoms with E-state index in [1.54, 1.807) is 30.3 Å². The summed E-state index contributed by atoms with van der Waals surface area (Å²) in [5, 5.41) is 3.91. The first-order valence-corrected chi connectivity index (χ1v) is 8.33. The third-order valence-electron chi connectivity index (χ3n) is 3.10. The Morgan fingerprint density at radius 1 is 1.05 bits per heavy atom. The molecule has 0 saturated carbocycles. The summed E-state index contributed by atoms with van der Waals surface area (Å²) in [4.78, 5) is 4.55. The van der Waals surface area contributed by atoms with E-state index in [0.29, 0.717) is 23.0 Å². The van der Waals surface area contributed by atoms with Crippen LogP contribution in [-0.4, -0.2) is 24.8 Å². The number of hydrogen-bond acceptors (Lipinski definition) is 6. The van der Waals surface area contributed by atoms with Crippen molar-refractivity contribution in [2.24, 2.45) is 0 Å². The highest BCUT2D eigenvalue weighted by Crippen LogP contribution is 2.24. The molecule has 0 fully saturated rings. The fraction of sp³-hybridized carbons (Fsp3) is 0.0667. The molecular formula is C15H13N3O3S. The van der Waals surface area contributed by atoms with Crippen LogP contribution >= 0.6 is 0 Å². The number of rotatable bonds is 3. The number of sulfone groups is 1. The lowest BCUT2D eigenvalue weighted by Gasteiger charge is -1.98. The summed E-state index contributed by atoms with van der Waals surface area (Å²) in [6.45, 7) is 0. The molecule has 0 atom stereocenters. The van der Waals surface area contributed by atoms with Crippen molar-refractivity contribution < 1.29 is 12.9 Å². The lowest BCUT2D eigenvalue weighted by molar-refractivity contribution is 0.432. The molecule has 0 bridgehead atoms. The van der Waals surface area contributed by atoms with E-state index in [0.717, 1.165) is 11.8 Å². The Balaban J connectivity index is 1.94. The molecule has 2 N–H and O–H groups in total. The Hall–Kier alpha value is -2.67. The maximum absolute atomic E-state index is 11.4. The SMILES string of the molecule is CS(=O)(=O)c1ccc(-c2noc(-c3cccc(N)c3)n2)cc1. The third-order valence-corrected chi connectivity index (χ3v) is 4.23. The fourth-order valence-corrected chi connectivity index (χ4v) is 2.61. The number of hydrogen-bond donors (Lipinski definition) is 1. The summed E-state index contributed by atoms with van der Waals surface area (Å²) in [5.74, 6) is 0.743. The monoisotopic (exact) mass is 315 g/mol. The van der Waals surface area contributed by atoms with Crippen molar-refractivity contribution in [3.05, 3.63) is 48.5 Å². The van der Waals surface area contributed by atoms with Crippen molar-refractivity contribution in [2.75, 3.05) is 12.0 Å². The predicted molar refractivity (Wildman–Crippen MR) is 82.7 cm³/mol. The Labute approximate surface area is 127 Å². The molecule has 0 spiro atoms. The molecule has 0 radical (unpaired) electrons. The van der Waals surface area contributed by atoms with Crippen molar-refractivity contribution >= 4 is 15.5 Å². The minimum Gasteiger partial charge on any atom is -0.399 e. The van der Waals surface area contributed by atoms with Gasteiger partial charge < -0.3 is 10.3 Å². The van der Waals surface area contributed by atoms with Gasteiger partial charge in [0.2, 0.25) is 5.82 Å². The highest BCUT2D eigenvalue weighted by molar-refractivity contribution is 7.90. The van der Waals surface area contributed by atoms with Gasteiger partial charge in [0.1, 0.15) is 0 Å². The zero-order valence-electron chi connectivity index (χ0n) is 11.7. The summed E-state index contributed by atoms with van der Waals surface area (Å²) in [7, 11) is -3.22. The van der Waals surface area contributed by atoms with Crippen molar-refractivity contribution in [3.8, 4) is 22.8 Å². The molecule has 1 aromatic heterocycles. The van der Waals surface area contributed by atoms with Crippen LogP contribution in [0, 0.1) is 0 Å². The van der Waals surface area contributed by atoms with Gasteiger partial charge in [-0.15, -0.1) is 0 Å². The number of benzene rings is 2. The molecule has 0 aliphatic carbocycles. The molecule has 3 rings (SSSR count). The van der Waals surface area contributed by atoms with E-state index in [9.17, 15) is 8.42 Å². The zero-order chi connectivity index (χ0) is 15.7. The first-order valence-electron chi connectivity index (χ1n) is 6.43. The van der Waals surface area contributed by atoms with Gasteiger partial charge in [0.25, 0.3) is 5.89 Å². The Kier molecular flexibility index (Phi) is 3.42. The van der Waals surface area contributed by atoms with Gasteiger partial charge in [0.05, 0.1) is 4.90 Å². The lowest BCUT2D eigenvalue weighted by Crippen LogP contribution is -1.96. The first-order chi connectivity index (χ1) is 10.4. The minimum absolute atomic E-state index is 0.246. The Bertz CT molecular complexity index is 915.